The van der Waals surface area contributed by atoms with Crippen LogP contribution in [0.25, 0.3) is 0 Å². The standard InChI is InChI=1S/C22H37N7O4S/c1-28(22-24-19(11-21(25-22)33-2)23-20-8-15(12-30)26-27-20)18-9-16-4-3-5-17(10-18)29(16)34(31,32)13-14-6-7-14/h11,14-18,20,26-27,30H,3-10,12-13H2,1-2H3,(H,23,24,25)/t15?,16-,17+,18?,20?. The number of aliphatic hydroxyl groups excluding tert-OH is 1. The van der Waals surface area contributed by atoms with Gasteiger partial charge in [0.25, 0.3) is 0 Å². The molecule has 0 amide bonds. The van der Waals surface area contributed by atoms with Crippen molar-refractivity contribution in [2.45, 2.75) is 81.7 Å². The fraction of sp³-hybridized carbons (Fsp3) is 0.818. The summed E-state index contributed by atoms with van der Waals surface area (Å²) < 4.78 is 33.6. The number of ether oxygens (including phenoxy) is 1. The molecule has 5 atom stereocenters. The number of nitrogens with one attached hydrogen (secondary N) is 3. The normalized spacial score (nSPS) is 31.9. The van der Waals surface area contributed by atoms with Gasteiger partial charge in [0.1, 0.15) is 5.82 Å². The summed E-state index contributed by atoms with van der Waals surface area (Å²) in [5, 5.41) is 12.7. The van der Waals surface area contributed by atoms with E-state index in [9.17, 15) is 13.5 Å². The molecule has 1 aromatic heterocycles. The topological polar surface area (TPSA) is 132 Å². The number of rotatable bonds is 9. The van der Waals surface area contributed by atoms with Crippen LogP contribution < -0.4 is 25.8 Å². The fourth-order valence-electron chi connectivity index (χ4n) is 5.68. The lowest BCUT2D eigenvalue weighted by atomic mass is 9.83. The van der Waals surface area contributed by atoms with Crippen LogP contribution >= 0.6 is 0 Å². The zero-order valence-electron chi connectivity index (χ0n) is 20.0. The predicted octanol–water partition coefficient (Wildman–Crippen LogP) is 0.644. The average Bonchev–Trinajstić information content (AvgIpc) is 3.50. The van der Waals surface area contributed by atoms with Crippen LogP contribution in [0.5, 0.6) is 5.88 Å². The Labute approximate surface area is 201 Å². The number of sulfonamides is 1. The maximum Gasteiger partial charge on any atom is 0.230 e. The highest BCUT2D eigenvalue weighted by Gasteiger charge is 2.46. The second-order valence-corrected chi connectivity index (χ2v) is 12.1. The van der Waals surface area contributed by atoms with Gasteiger partial charge in [-0.05, 0) is 44.4 Å². The highest BCUT2D eigenvalue weighted by atomic mass is 32.2. The summed E-state index contributed by atoms with van der Waals surface area (Å²) in [5.74, 6) is 2.34. The number of aromatic nitrogens is 2. The molecule has 12 heteroatoms. The Kier molecular flexibility index (Phi) is 6.86. The molecule has 11 nitrogen and oxygen atoms in total. The lowest BCUT2D eigenvalue weighted by molar-refractivity contribution is 0.109. The monoisotopic (exact) mass is 495 g/mol. The summed E-state index contributed by atoms with van der Waals surface area (Å²) in [6.45, 7) is 0.0592. The minimum absolute atomic E-state index is 0.0100. The van der Waals surface area contributed by atoms with Gasteiger partial charge in [0.2, 0.25) is 21.9 Å². The second-order valence-electron chi connectivity index (χ2n) is 10.2. The minimum Gasteiger partial charge on any atom is -0.481 e. The van der Waals surface area contributed by atoms with E-state index in [0.29, 0.717) is 35.7 Å². The molecule has 3 unspecified atom stereocenters. The Morgan fingerprint density at radius 2 is 1.91 bits per heavy atom. The maximum absolute atomic E-state index is 13.2. The van der Waals surface area contributed by atoms with Gasteiger partial charge in [-0.1, -0.05) is 6.42 Å². The minimum atomic E-state index is -3.21. The molecule has 34 heavy (non-hydrogen) atoms. The van der Waals surface area contributed by atoms with Crippen LogP contribution in [0, 0.1) is 5.92 Å². The third-order valence-corrected chi connectivity index (χ3v) is 9.77. The van der Waals surface area contributed by atoms with Crippen molar-refractivity contribution in [1.29, 1.82) is 0 Å². The Hall–Kier alpha value is -1.73. The van der Waals surface area contributed by atoms with Crippen molar-refractivity contribution in [2.75, 3.05) is 36.7 Å². The van der Waals surface area contributed by atoms with E-state index in [1.165, 1.54) is 0 Å². The third kappa shape index (κ3) is 5.11. The molecular formula is C22H37N7O4S. The summed E-state index contributed by atoms with van der Waals surface area (Å²) in [6, 6.07) is 2.01. The van der Waals surface area contributed by atoms with Gasteiger partial charge in [-0.2, -0.15) is 14.3 Å². The maximum atomic E-state index is 13.2. The van der Waals surface area contributed by atoms with Crippen molar-refractivity contribution >= 4 is 21.8 Å². The second kappa shape index (κ2) is 9.73. The van der Waals surface area contributed by atoms with Crippen LogP contribution in [0.1, 0.15) is 51.4 Å². The predicted molar refractivity (Wildman–Crippen MR) is 129 cm³/mol. The van der Waals surface area contributed by atoms with Crippen LogP contribution in [0.3, 0.4) is 0 Å². The average molecular weight is 496 g/mol. The van der Waals surface area contributed by atoms with Crippen molar-refractivity contribution in [3.05, 3.63) is 6.07 Å². The summed E-state index contributed by atoms with van der Waals surface area (Å²) in [4.78, 5) is 11.4. The summed E-state index contributed by atoms with van der Waals surface area (Å²) in [7, 11) is 0.367. The highest BCUT2D eigenvalue weighted by molar-refractivity contribution is 7.89. The van der Waals surface area contributed by atoms with Gasteiger partial charge in [-0.3, -0.25) is 5.43 Å². The van der Waals surface area contributed by atoms with Crippen LogP contribution in [-0.4, -0.2) is 84.6 Å². The van der Waals surface area contributed by atoms with Crippen LogP contribution in [0.2, 0.25) is 0 Å². The third-order valence-electron chi connectivity index (χ3n) is 7.63. The number of hydrogen-bond acceptors (Lipinski definition) is 10. The molecule has 1 saturated carbocycles. The molecule has 4 heterocycles. The highest BCUT2D eigenvalue weighted by Crippen LogP contribution is 2.40. The zero-order chi connectivity index (χ0) is 23.9. The molecule has 0 spiro atoms. The lowest BCUT2D eigenvalue weighted by Gasteiger charge is -2.49. The van der Waals surface area contributed by atoms with Gasteiger partial charge >= 0.3 is 0 Å². The number of fused-ring (bicyclic) bond motifs is 2. The molecule has 3 aliphatic heterocycles. The van der Waals surface area contributed by atoms with Crippen LogP contribution in [-0.2, 0) is 10.0 Å². The first-order chi connectivity index (χ1) is 16.4. The Balaban J connectivity index is 1.31. The molecule has 2 bridgehead atoms. The summed E-state index contributed by atoms with van der Waals surface area (Å²) in [5.41, 5.74) is 6.17. The van der Waals surface area contributed by atoms with E-state index < -0.39 is 10.0 Å². The molecule has 1 aliphatic carbocycles. The SMILES string of the molecule is COc1cc(NC2CC(CO)NN2)nc(N(C)C2C[C@H]3CCC[C@@H](C2)N3S(=O)(=O)CC2CC2)n1. The fourth-order valence-corrected chi connectivity index (χ4v) is 8.07. The van der Waals surface area contributed by atoms with Gasteiger partial charge in [0.05, 0.1) is 25.6 Å². The molecule has 0 radical (unpaired) electrons. The van der Waals surface area contributed by atoms with Crippen LogP contribution in [0.15, 0.2) is 6.07 Å². The number of methoxy groups -OCH3 is 1. The number of nitrogens with zero attached hydrogens (tertiary/aromatic N) is 4. The van der Waals surface area contributed by atoms with E-state index in [1.54, 1.807) is 13.2 Å². The van der Waals surface area contributed by atoms with Gasteiger partial charge < -0.3 is 20.1 Å². The largest absolute Gasteiger partial charge is 0.481 e. The first-order valence-electron chi connectivity index (χ1n) is 12.4. The van der Waals surface area contributed by atoms with E-state index in [2.05, 4.69) is 26.1 Å². The van der Waals surface area contributed by atoms with Crippen molar-refractivity contribution < 1.29 is 18.3 Å². The number of hydrogen-bond donors (Lipinski definition) is 4. The molecular weight excluding hydrogens is 458 g/mol. The van der Waals surface area contributed by atoms with Gasteiger partial charge in [0.15, 0.2) is 0 Å². The molecule has 5 rings (SSSR count). The van der Waals surface area contributed by atoms with Gasteiger partial charge in [-0.25, -0.2) is 13.8 Å². The number of piperidine rings is 2. The Bertz CT molecular complexity index is 962. The molecule has 1 aromatic rings. The Morgan fingerprint density at radius 3 is 2.53 bits per heavy atom. The molecule has 4 N–H and O–H groups in total. The van der Waals surface area contributed by atoms with E-state index >= 15 is 0 Å². The van der Waals surface area contributed by atoms with E-state index in [0.717, 1.165) is 44.9 Å². The Morgan fingerprint density at radius 1 is 1.18 bits per heavy atom. The number of aliphatic hydroxyl groups is 1. The van der Waals surface area contributed by atoms with Crippen molar-refractivity contribution in [3.63, 3.8) is 0 Å². The number of anilines is 2. The summed E-state index contributed by atoms with van der Waals surface area (Å²) >= 11 is 0. The molecule has 0 aromatic carbocycles. The van der Waals surface area contributed by atoms with Gasteiger partial charge in [-0.15, -0.1) is 0 Å². The zero-order valence-corrected chi connectivity index (χ0v) is 20.8. The lowest BCUT2D eigenvalue weighted by Crippen LogP contribution is -2.59. The van der Waals surface area contributed by atoms with E-state index in [-0.39, 0.29) is 36.9 Å². The quantitative estimate of drug-likeness (QED) is 0.387. The van der Waals surface area contributed by atoms with Gasteiger partial charge in [0, 0.05) is 43.7 Å². The van der Waals surface area contributed by atoms with E-state index in [4.69, 9.17) is 9.72 Å². The van der Waals surface area contributed by atoms with Crippen molar-refractivity contribution in [1.82, 2.24) is 25.1 Å². The molecule has 3 saturated heterocycles. The first kappa shape index (κ1) is 24.0. The molecule has 4 fully saturated rings. The smallest absolute Gasteiger partial charge is 0.230 e. The molecule has 4 aliphatic rings. The van der Waals surface area contributed by atoms with Crippen LogP contribution in [0.4, 0.5) is 11.8 Å². The summed E-state index contributed by atoms with van der Waals surface area (Å²) in [6.07, 6.45) is 7.22. The number of hydrazine groups is 1. The van der Waals surface area contributed by atoms with Crippen molar-refractivity contribution in [2.24, 2.45) is 5.92 Å². The first-order valence-corrected chi connectivity index (χ1v) is 14.0. The van der Waals surface area contributed by atoms with E-state index in [1.807, 2.05) is 11.4 Å². The molecule has 190 valence electrons. The van der Waals surface area contributed by atoms with Crippen molar-refractivity contribution in [3.8, 4) is 5.88 Å².